The smallest absolute Gasteiger partial charge is 0.406 e. The molecule has 33 heavy (non-hydrogen) atoms. The molecular formula is C23H32F3N3O4. The molecule has 2 aliphatic heterocycles. The number of anilines is 1. The van der Waals surface area contributed by atoms with Crippen LogP contribution in [0.2, 0.25) is 0 Å². The van der Waals surface area contributed by atoms with Crippen LogP contribution in [0.25, 0.3) is 0 Å². The summed E-state index contributed by atoms with van der Waals surface area (Å²) in [5.41, 5.74) is 0.866. The Morgan fingerprint density at radius 2 is 1.82 bits per heavy atom. The maximum atomic E-state index is 12.8. The maximum absolute atomic E-state index is 12.8. The summed E-state index contributed by atoms with van der Waals surface area (Å²) in [6, 6.07) is 5.34. The van der Waals surface area contributed by atoms with Crippen molar-refractivity contribution in [3.63, 3.8) is 0 Å². The average molecular weight is 472 g/mol. The van der Waals surface area contributed by atoms with Crippen molar-refractivity contribution in [3.05, 3.63) is 24.3 Å². The van der Waals surface area contributed by atoms with Gasteiger partial charge in [-0.25, -0.2) is 0 Å². The van der Waals surface area contributed by atoms with Crippen LogP contribution in [0.15, 0.2) is 24.3 Å². The Hall–Kier alpha value is -2.04. The lowest BCUT2D eigenvalue weighted by molar-refractivity contribution is -0.274. The molecule has 3 fully saturated rings. The van der Waals surface area contributed by atoms with Gasteiger partial charge >= 0.3 is 6.36 Å². The second-order valence-electron chi connectivity index (χ2n) is 9.42. The van der Waals surface area contributed by atoms with Crippen LogP contribution in [0, 0.1) is 5.41 Å². The van der Waals surface area contributed by atoms with Gasteiger partial charge in [-0.1, -0.05) is 0 Å². The van der Waals surface area contributed by atoms with Gasteiger partial charge in [-0.3, -0.25) is 4.79 Å². The predicted octanol–water partition coefficient (Wildman–Crippen LogP) is 2.22. The van der Waals surface area contributed by atoms with E-state index >= 15 is 0 Å². The van der Waals surface area contributed by atoms with E-state index in [9.17, 15) is 28.2 Å². The SMILES string of the molecule is O=C1CCN(c2ccc(OC(F)(F)F)cc2)CCN1[C@H](CO)CCN1CCC2(CC2)C(O)C1. The minimum absolute atomic E-state index is 0.0378. The molecule has 1 spiro atoms. The van der Waals surface area contributed by atoms with Gasteiger partial charge in [0, 0.05) is 44.8 Å². The zero-order valence-electron chi connectivity index (χ0n) is 18.6. The number of rotatable bonds is 7. The molecule has 7 nitrogen and oxygen atoms in total. The molecule has 1 aliphatic carbocycles. The average Bonchev–Trinajstić information content (AvgIpc) is 3.57. The molecule has 2 N–H and O–H groups in total. The standard InChI is InChI=1S/C23H32F3N3O4/c24-23(25,26)33-19-3-1-17(2-4-19)28-11-6-21(32)29(14-13-28)18(16-30)5-10-27-12-9-22(7-8-22)20(31)15-27/h1-4,18,20,30-31H,5-16H2/t18-,20?/m0/s1. The van der Waals surface area contributed by atoms with E-state index in [4.69, 9.17) is 0 Å². The van der Waals surface area contributed by atoms with Gasteiger partial charge in [-0.2, -0.15) is 0 Å². The summed E-state index contributed by atoms with van der Waals surface area (Å²) in [6.45, 7) is 3.57. The maximum Gasteiger partial charge on any atom is 0.573 e. The molecule has 1 unspecified atom stereocenters. The molecule has 1 aromatic rings. The minimum Gasteiger partial charge on any atom is -0.406 e. The normalized spacial score (nSPS) is 24.6. The number of likely N-dealkylation sites (tertiary alicyclic amines) is 1. The number of hydrogen-bond donors (Lipinski definition) is 2. The molecule has 0 bridgehead atoms. The first-order chi connectivity index (χ1) is 15.7. The van der Waals surface area contributed by atoms with E-state index in [-0.39, 0.29) is 42.2 Å². The summed E-state index contributed by atoms with van der Waals surface area (Å²) in [4.78, 5) is 18.7. The number of hydrogen-bond acceptors (Lipinski definition) is 6. The molecule has 2 heterocycles. The number of β-amino-alcohol motifs (C(OH)–C–C–N with tert-alkyl or cyclic N) is 1. The van der Waals surface area contributed by atoms with Crippen molar-refractivity contribution in [1.29, 1.82) is 0 Å². The van der Waals surface area contributed by atoms with Crippen molar-refractivity contribution in [2.24, 2.45) is 5.41 Å². The third kappa shape index (κ3) is 5.91. The van der Waals surface area contributed by atoms with E-state index in [2.05, 4.69) is 9.64 Å². The molecular weight excluding hydrogens is 439 g/mol. The highest BCUT2D eigenvalue weighted by Gasteiger charge is 2.51. The lowest BCUT2D eigenvalue weighted by atomic mass is 9.90. The number of benzene rings is 1. The number of ether oxygens (including phenoxy) is 1. The summed E-state index contributed by atoms with van der Waals surface area (Å²) in [6.07, 6.45) is -0.908. The van der Waals surface area contributed by atoms with Crippen LogP contribution in [0.4, 0.5) is 18.9 Å². The number of aliphatic hydroxyl groups excluding tert-OH is 2. The number of amides is 1. The second kappa shape index (κ2) is 9.68. The Kier molecular flexibility index (Phi) is 7.07. The van der Waals surface area contributed by atoms with Gasteiger partial charge in [0.2, 0.25) is 5.91 Å². The fraction of sp³-hybridized carbons (Fsp3) is 0.696. The fourth-order valence-corrected chi connectivity index (χ4v) is 5.04. The number of carbonyl (C=O) groups excluding carboxylic acids is 1. The number of carbonyl (C=O) groups is 1. The van der Waals surface area contributed by atoms with Gasteiger partial charge in [0.1, 0.15) is 5.75 Å². The van der Waals surface area contributed by atoms with Crippen molar-refractivity contribution in [3.8, 4) is 5.75 Å². The van der Waals surface area contributed by atoms with Crippen molar-refractivity contribution >= 4 is 11.6 Å². The minimum atomic E-state index is -4.73. The molecule has 1 aromatic carbocycles. The van der Waals surface area contributed by atoms with Gasteiger partial charge in [-0.15, -0.1) is 13.2 Å². The van der Waals surface area contributed by atoms with Gasteiger partial charge in [-0.05, 0) is 61.9 Å². The van der Waals surface area contributed by atoms with E-state index in [0.717, 1.165) is 31.5 Å². The van der Waals surface area contributed by atoms with E-state index in [1.165, 1.54) is 12.1 Å². The highest BCUT2D eigenvalue weighted by molar-refractivity contribution is 5.78. The second-order valence-corrected chi connectivity index (χ2v) is 9.42. The number of alkyl halides is 3. The Bertz CT molecular complexity index is 816. The van der Waals surface area contributed by atoms with Crippen LogP contribution < -0.4 is 9.64 Å². The molecule has 1 amide bonds. The Balaban J connectivity index is 1.30. The Morgan fingerprint density at radius 1 is 1.09 bits per heavy atom. The number of nitrogens with zero attached hydrogens (tertiary/aromatic N) is 3. The summed E-state index contributed by atoms with van der Waals surface area (Å²) < 4.78 is 41.0. The third-order valence-corrected chi connectivity index (χ3v) is 7.35. The zero-order valence-corrected chi connectivity index (χ0v) is 18.6. The van der Waals surface area contributed by atoms with Crippen molar-refractivity contribution in [2.75, 3.05) is 50.8 Å². The Morgan fingerprint density at radius 3 is 2.42 bits per heavy atom. The first-order valence-corrected chi connectivity index (χ1v) is 11.6. The monoisotopic (exact) mass is 471 g/mol. The highest BCUT2D eigenvalue weighted by Crippen LogP contribution is 2.53. The molecule has 4 rings (SSSR count). The quantitative estimate of drug-likeness (QED) is 0.635. The molecule has 0 aromatic heterocycles. The lowest BCUT2D eigenvalue weighted by Crippen LogP contribution is -2.48. The van der Waals surface area contributed by atoms with E-state index in [1.807, 2.05) is 4.90 Å². The largest absolute Gasteiger partial charge is 0.573 e. The first-order valence-electron chi connectivity index (χ1n) is 11.6. The molecule has 1 saturated carbocycles. The van der Waals surface area contributed by atoms with Gasteiger partial charge in [0.25, 0.3) is 0 Å². The van der Waals surface area contributed by atoms with Crippen LogP contribution in [0.3, 0.4) is 0 Å². The third-order valence-electron chi connectivity index (χ3n) is 7.35. The first kappa shape index (κ1) is 24.1. The predicted molar refractivity (Wildman–Crippen MR) is 116 cm³/mol. The van der Waals surface area contributed by atoms with Crippen molar-refractivity contribution in [1.82, 2.24) is 9.80 Å². The summed E-state index contributed by atoms with van der Waals surface area (Å²) >= 11 is 0. The molecule has 10 heteroatoms. The van der Waals surface area contributed by atoms with Crippen LogP contribution in [0.5, 0.6) is 5.75 Å². The van der Waals surface area contributed by atoms with Crippen LogP contribution in [-0.2, 0) is 4.79 Å². The van der Waals surface area contributed by atoms with Crippen LogP contribution in [-0.4, -0.2) is 90.3 Å². The number of aliphatic hydroxyl groups is 2. The van der Waals surface area contributed by atoms with E-state index in [1.54, 1.807) is 17.0 Å². The topological polar surface area (TPSA) is 76.5 Å². The van der Waals surface area contributed by atoms with E-state index < -0.39 is 6.36 Å². The number of halogens is 3. The van der Waals surface area contributed by atoms with Gasteiger partial charge in [0.15, 0.2) is 0 Å². The molecule has 0 radical (unpaired) electrons. The number of piperidine rings is 1. The van der Waals surface area contributed by atoms with Crippen LogP contribution >= 0.6 is 0 Å². The molecule has 2 atom stereocenters. The van der Waals surface area contributed by atoms with Crippen LogP contribution in [0.1, 0.15) is 32.1 Å². The molecule has 3 aliphatic rings. The van der Waals surface area contributed by atoms with Crippen molar-refractivity contribution in [2.45, 2.75) is 50.6 Å². The highest BCUT2D eigenvalue weighted by atomic mass is 19.4. The Labute approximate surface area is 191 Å². The summed E-state index contributed by atoms with van der Waals surface area (Å²) in [5, 5.41) is 20.4. The molecule has 184 valence electrons. The lowest BCUT2D eigenvalue weighted by Gasteiger charge is -2.38. The fourth-order valence-electron chi connectivity index (χ4n) is 5.04. The van der Waals surface area contributed by atoms with Gasteiger partial charge < -0.3 is 29.6 Å². The zero-order chi connectivity index (χ0) is 23.6. The summed E-state index contributed by atoms with van der Waals surface area (Å²) in [5.74, 6) is -0.321. The van der Waals surface area contributed by atoms with E-state index in [0.29, 0.717) is 39.1 Å². The molecule has 2 saturated heterocycles. The van der Waals surface area contributed by atoms with Gasteiger partial charge in [0.05, 0.1) is 18.8 Å². The van der Waals surface area contributed by atoms with Crippen molar-refractivity contribution < 1.29 is 32.9 Å². The summed E-state index contributed by atoms with van der Waals surface area (Å²) in [7, 11) is 0.